The van der Waals surface area contributed by atoms with Gasteiger partial charge in [0, 0.05) is 31.7 Å². The molecule has 1 unspecified atom stereocenters. The molecule has 170 valence electrons. The van der Waals surface area contributed by atoms with Crippen molar-refractivity contribution >= 4 is 5.88 Å². The van der Waals surface area contributed by atoms with Gasteiger partial charge in [0.1, 0.15) is 12.3 Å². The third-order valence-electron chi connectivity index (χ3n) is 5.28. The minimum atomic E-state index is -0.619. The summed E-state index contributed by atoms with van der Waals surface area (Å²) in [5.74, 6) is 3.76. The topological polar surface area (TPSA) is 62.0 Å². The van der Waals surface area contributed by atoms with Gasteiger partial charge in [-0.1, -0.05) is 55.3 Å². The van der Waals surface area contributed by atoms with Gasteiger partial charge in [0.2, 0.25) is 5.88 Å². The summed E-state index contributed by atoms with van der Waals surface area (Å²) >= 11 is 0. The Morgan fingerprint density at radius 1 is 1.19 bits per heavy atom. The van der Waals surface area contributed by atoms with Gasteiger partial charge in [-0.2, -0.15) is 0 Å². The van der Waals surface area contributed by atoms with Crippen molar-refractivity contribution in [2.45, 2.75) is 52.8 Å². The molecule has 2 rings (SSSR count). The lowest BCUT2D eigenvalue weighted by atomic mass is 10.1. The number of hydrogen-bond acceptors (Lipinski definition) is 6. The van der Waals surface area contributed by atoms with Crippen molar-refractivity contribution in [1.82, 2.24) is 10.1 Å². The molecule has 1 atom stereocenters. The van der Waals surface area contributed by atoms with Crippen LogP contribution in [0.25, 0.3) is 11.3 Å². The number of anilines is 1. The summed E-state index contributed by atoms with van der Waals surface area (Å²) < 4.78 is 11.2. The molecule has 0 aliphatic heterocycles. The summed E-state index contributed by atoms with van der Waals surface area (Å²) in [6.07, 6.45) is 5.65. The van der Waals surface area contributed by atoms with E-state index in [2.05, 4.69) is 48.6 Å². The molecule has 31 heavy (non-hydrogen) atoms. The average molecular weight is 428 g/mol. The van der Waals surface area contributed by atoms with E-state index in [-0.39, 0.29) is 19.3 Å². The number of aliphatic hydroxyl groups excluding tert-OH is 1. The highest BCUT2D eigenvalue weighted by atomic mass is 16.5. The Labute approximate surface area is 187 Å². The summed E-state index contributed by atoms with van der Waals surface area (Å²) in [6.45, 7) is 11.0. The summed E-state index contributed by atoms with van der Waals surface area (Å²) in [4.78, 5) is 4.35. The quantitative estimate of drug-likeness (QED) is 0.384. The van der Waals surface area contributed by atoms with Crippen LogP contribution < -0.4 is 4.90 Å². The SMILES string of the molecule is C#CCOCC(O)CN(CCC(C)C)Cc1c(-c2ccccc2)noc1N(C)C(C)C. The molecule has 0 spiro atoms. The van der Waals surface area contributed by atoms with Crippen LogP contribution in [0, 0.1) is 18.3 Å². The third kappa shape index (κ3) is 7.70. The normalized spacial score (nSPS) is 12.5. The third-order valence-corrected chi connectivity index (χ3v) is 5.28. The fourth-order valence-corrected chi connectivity index (χ4v) is 3.28. The van der Waals surface area contributed by atoms with Crippen LogP contribution in [-0.2, 0) is 11.3 Å². The van der Waals surface area contributed by atoms with E-state index < -0.39 is 6.10 Å². The zero-order valence-corrected chi connectivity index (χ0v) is 19.5. The number of hydrogen-bond donors (Lipinski definition) is 1. The second-order valence-corrected chi connectivity index (χ2v) is 8.68. The summed E-state index contributed by atoms with van der Waals surface area (Å²) in [5.41, 5.74) is 2.89. The van der Waals surface area contributed by atoms with E-state index in [1.165, 1.54) is 0 Å². The Hall–Kier alpha value is -2.33. The van der Waals surface area contributed by atoms with Gasteiger partial charge in [-0.05, 0) is 32.7 Å². The van der Waals surface area contributed by atoms with Gasteiger partial charge in [0.05, 0.1) is 18.3 Å². The van der Waals surface area contributed by atoms with Crippen LogP contribution in [0.2, 0.25) is 0 Å². The fraction of sp³-hybridized carbons (Fsp3) is 0.560. The van der Waals surface area contributed by atoms with Crippen molar-refractivity contribution < 1.29 is 14.4 Å². The molecular formula is C25H37N3O3. The van der Waals surface area contributed by atoms with Gasteiger partial charge in [0.15, 0.2) is 0 Å². The molecule has 0 radical (unpaired) electrons. The van der Waals surface area contributed by atoms with Gasteiger partial charge >= 0.3 is 0 Å². The van der Waals surface area contributed by atoms with E-state index in [0.29, 0.717) is 19.0 Å². The molecule has 0 aliphatic rings. The first-order valence-corrected chi connectivity index (χ1v) is 11.0. The van der Waals surface area contributed by atoms with Gasteiger partial charge in [-0.15, -0.1) is 6.42 Å². The molecule has 0 saturated carbocycles. The minimum Gasteiger partial charge on any atom is -0.389 e. The minimum absolute atomic E-state index is 0.205. The van der Waals surface area contributed by atoms with Crippen molar-refractivity contribution in [3.63, 3.8) is 0 Å². The van der Waals surface area contributed by atoms with Crippen molar-refractivity contribution in [3.8, 4) is 23.6 Å². The van der Waals surface area contributed by atoms with Crippen molar-refractivity contribution in [3.05, 3.63) is 35.9 Å². The molecule has 0 saturated heterocycles. The van der Waals surface area contributed by atoms with Gasteiger partial charge < -0.3 is 19.3 Å². The number of aliphatic hydroxyl groups is 1. The zero-order valence-electron chi connectivity index (χ0n) is 19.5. The lowest BCUT2D eigenvalue weighted by Crippen LogP contribution is -2.36. The predicted octanol–water partition coefficient (Wildman–Crippen LogP) is 4.05. The monoisotopic (exact) mass is 427 g/mol. The first-order valence-electron chi connectivity index (χ1n) is 11.0. The number of terminal acetylenes is 1. The molecule has 1 aromatic carbocycles. The second kappa shape index (κ2) is 12.5. The van der Waals surface area contributed by atoms with Crippen LogP contribution in [0.15, 0.2) is 34.9 Å². The van der Waals surface area contributed by atoms with Crippen molar-refractivity contribution in [2.24, 2.45) is 5.92 Å². The predicted molar refractivity (Wildman–Crippen MR) is 126 cm³/mol. The highest BCUT2D eigenvalue weighted by molar-refractivity contribution is 5.68. The van der Waals surface area contributed by atoms with E-state index >= 15 is 0 Å². The molecule has 0 amide bonds. The Bertz CT molecular complexity index is 811. The van der Waals surface area contributed by atoms with Gasteiger partial charge in [0.25, 0.3) is 0 Å². The number of benzene rings is 1. The Balaban J connectivity index is 2.31. The number of rotatable bonds is 13. The van der Waals surface area contributed by atoms with E-state index in [4.69, 9.17) is 15.7 Å². The zero-order chi connectivity index (χ0) is 22.8. The van der Waals surface area contributed by atoms with E-state index in [1.807, 2.05) is 37.4 Å². The van der Waals surface area contributed by atoms with Gasteiger partial charge in [-0.3, -0.25) is 4.90 Å². The molecule has 0 aliphatic carbocycles. The maximum Gasteiger partial charge on any atom is 0.232 e. The second-order valence-electron chi connectivity index (χ2n) is 8.68. The number of nitrogens with zero attached hydrogens (tertiary/aromatic N) is 3. The first kappa shape index (κ1) is 24.9. The molecule has 0 bridgehead atoms. The summed E-state index contributed by atoms with van der Waals surface area (Å²) in [7, 11) is 2.02. The van der Waals surface area contributed by atoms with E-state index in [1.54, 1.807) is 0 Å². The number of ether oxygens (including phenoxy) is 1. The van der Waals surface area contributed by atoms with Crippen LogP contribution >= 0.6 is 0 Å². The van der Waals surface area contributed by atoms with E-state index in [0.717, 1.165) is 35.7 Å². The maximum absolute atomic E-state index is 10.5. The molecule has 0 fully saturated rings. The van der Waals surface area contributed by atoms with Crippen LogP contribution in [0.3, 0.4) is 0 Å². The molecule has 6 nitrogen and oxygen atoms in total. The van der Waals surface area contributed by atoms with Crippen LogP contribution in [-0.4, -0.2) is 60.7 Å². The lowest BCUT2D eigenvalue weighted by Gasteiger charge is -2.27. The Kier molecular flexibility index (Phi) is 10.1. The Morgan fingerprint density at radius 2 is 1.90 bits per heavy atom. The van der Waals surface area contributed by atoms with Crippen LogP contribution in [0.1, 0.15) is 39.7 Å². The lowest BCUT2D eigenvalue weighted by molar-refractivity contribution is 0.0252. The number of aromatic nitrogens is 1. The molecule has 1 N–H and O–H groups in total. The largest absolute Gasteiger partial charge is 0.389 e. The summed E-state index contributed by atoms with van der Waals surface area (Å²) in [5, 5.41) is 14.9. The summed E-state index contributed by atoms with van der Waals surface area (Å²) in [6, 6.07) is 10.3. The standard InChI is InChI=1S/C25H37N3O3/c1-7-15-30-18-22(29)16-28(14-13-19(2)3)17-23-24(21-11-9-8-10-12-21)26-31-25(23)27(6)20(4)5/h1,8-12,19-20,22,29H,13-18H2,2-6H3. The van der Waals surface area contributed by atoms with Crippen LogP contribution in [0.4, 0.5) is 5.88 Å². The average Bonchev–Trinajstić information content (AvgIpc) is 3.15. The first-order chi connectivity index (χ1) is 14.8. The Morgan fingerprint density at radius 3 is 2.52 bits per heavy atom. The highest BCUT2D eigenvalue weighted by Crippen LogP contribution is 2.33. The molecular weight excluding hydrogens is 390 g/mol. The van der Waals surface area contributed by atoms with Crippen LogP contribution in [0.5, 0.6) is 0 Å². The smallest absolute Gasteiger partial charge is 0.232 e. The van der Waals surface area contributed by atoms with Crippen molar-refractivity contribution in [1.29, 1.82) is 0 Å². The van der Waals surface area contributed by atoms with Gasteiger partial charge in [-0.25, -0.2) is 0 Å². The highest BCUT2D eigenvalue weighted by Gasteiger charge is 2.25. The maximum atomic E-state index is 10.5. The fourth-order valence-electron chi connectivity index (χ4n) is 3.28. The molecule has 2 aromatic rings. The molecule has 6 heteroatoms. The molecule has 1 heterocycles. The molecule has 1 aromatic heterocycles. The van der Waals surface area contributed by atoms with Crippen molar-refractivity contribution in [2.75, 3.05) is 38.3 Å². The van der Waals surface area contributed by atoms with E-state index in [9.17, 15) is 5.11 Å².